The second-order valence-corrected chi connectivity index (χ2v) is 6.88. The number of Topliss-reactive ketones (excluding diaryl/α,β-unsaturated/α-hetero) is 1. The van der Waals surface area contributed by atoms with Gasteiger partial charge in [0.1, 0.15) is 0 Å². The molecule has 3 aromatic rings. The molecule has 1 saturated heterocycles. The molecule has 1 aliphatic heterocycles. The first kappa shape index (κ1) is 16.8. The maximum Gasteiger partial charge on any atom is 0.152 e. The molecule has 0 N–H and O–H groups in total. The topological polar surface area (TPSA) is 63.9 Å². The summed E-state index contributed by atoms with van der Waals surface area (Å²) in [4.78, 5) is 23.5. The Kier molecular flexibility index (Phi) is 4.75. The van der Waals surface area contributed by atoms with Crippen molar-refractivity contribution < 1.29 is 4.79 Å². The molecule has 1 fully saturated rings. The maximum atomic E-state index is 12.3. The van der Waals surface area contributed by atoms with Gasteiger partial charge in [-0.15, -0.1) is 0 Å². The minimum absolute atomic E-state index is 0.234. The summed E-state index contributed by atoms with van der Waals surface area (Å²) in [5.74, 6) is 0.234. The van der Waals surface area contributed by atoms with E-state index in [-0.39, 0.29) is 5.78 Å². The van der Waals surface area contributed by atoms with Gasteiger partial charge in [-0.3, -0.25) is 24.3 Å². The first-order valence-corrected chi connectivity index (χ1v) is 9.23. The van der Waals surface area contributed by atoms with E-state index >= 15 is 0 Å². The van der Waals surface area contributed by atoms with Gasteiger partial charge >= 0.3 is 0 Å². The Hall–Kier alpha value is -2.60. The molecule has 0 bridgehead atoms. The van der Waals surface area contributed by atoms with Crippen LogP contribution < -0.4 is 0 Å². The van der Waals surface area contributed by atoms with Crippen LogP contribution in [0.4, 0.5) is 0 Å². The Balaban J connectivity index is 1.54. The number of nitrogens with zero attached hydrogens (tertiary/aromatic N) is 5. The summed E-state index contributed by atoms with van der Waals surface area (Å²) in [5, 5.41) is 6.34. The van der Waals surface area contributed by atoms with E-state index in [0.29, 0.717) is 13.0 Å². The summed E-state index contributed by atoms with van der Waals surface area (Å²) in [6, 6.07) is 4.05. The van der Waals surface area contributed by atoms with Crippen LogP contribution in [0.3, 0.4) is 0 Å². The highest BCUT2D eigenvalue weighted by molar-refractivity contribution is 5.87. The fourth-order valence-electron chi connectivity index (χ4n) is 3.45. The maximum absolute atomic E-state index is 12.3. The van der Waals surface area contributed by atoms with Crippen LogP contribution in [0.15, 0.2) is 36.9 Å². The summed E-state index contributed by atoms with van der Waals surface area (Å²) in [7, 11) is 0. The van der Waals surface area contributed by atoms with Crippen LogP contribution in [0.2, 0.25) is 0 Å². The Morgan fingerprint density at radius 3 is 2.65 bits per heavy atom. The summed E-state index contributed by atoms with van der Waals surface area (Å²) in [6.07, 6.45) is 10.3. The SMILES string of the molecule is CCn1cc(-c2cc3cc(CC(=O)CN4CCCC4)ncc3cn2)cn1. The quantitative estimate of drug-likeness (QED) is 0.685. The Bertz CT molecular complexity index is 927. The van der Waals surface area contributed by atoms with Crippen molar-refractivity contribution in [3.63, 3.8) is 0 Å². The second kappa shape index (κ2) is 7.33. The first-order valence-electron chi connectivity index (χ1n) is 9.23. The van der Waals surface area contributed by atoms with Gasteiger partial charge in [0.15, 0.2) is 5.78 Å². The smallest absolute Gasteiger partial charge is 0.152 e. The van der Waals surface area contributed by atoms with Gasteiger partial charge in [-0.2, -0.15) is 5.10 Å². The number of hydrogen-bond donors (Lipinski definition) is 0. The van der Waals surface area contributed by atoms with Crippen molar-refractivity contribution in [1.29, 1.82) is 0 Å². The Morgan fingerprint density at radius 1 is 1.08 bits per heavy atom. The molecule has 26 heavy (non-hydrogen) atoms. The van der Waals surface area contributed by atoms with Crippen LogP contribution in [0.5, 0.6) is 0 Å². The molecule has 6 heteroatoms. The zero-order valence-corrected chi connectivity index (χ0v) is 15.1. The Labute approximate surface area is 152 Å². The summed E-state index contributed by atoms with van der Waals surface area (Å²) in [5.41, 5.74) is 2.71. The van der Waals surface area contributed by atoms with E-state index < -0.39 is 0 Å². The van der Waals surface area contributed by atoms with Crippen LogP contribution in [0.1, 0.15) is 25.5 Å². The van der Waals surface area contributed by atoms with Crippen molar-refractivity contribution >= 4 is 16.6 Å². The molecule has 134 valence electrons. The van der Waals surface area contributed by atoms with Crippen LogP contribution in [0.25, 0.3) is 22.0 Å². The normalized spacial score (nSPS) is 15.0. The number of likely N-dealkylation sites (tertiary alicyclic amines) is 1. The third-order valence-electron chi connectivity index (χ3n) is 4.89. The number of ketones is 1. The van der Waals surface area contributed by atoms with E-state index in [9.17, 15) is 4.79 Å². The van der Waals surface area contributed by atoms with E-state index in [1.807, 2.05) is 35.4 Å². The molecule has 0 aromatic carbocycles. The fraction of sp³-hybridized carbons (Fsp3) is 0.400. The van der Waals surface area contributed by atoms with Gasteiger partial charge in [0.2, 0.25) is 0 Å². The predicted molar refractivity (Wildman–Crippen MR) is 101 cm³/mol. The zero-order chi connectivity index (χ0) is 17.9. The molecule has 3 aromatic heterocycles. The monoisotopic (exact) mass is 349 g/mol. The lowest BCUT2D eigenvalue weighted by Crippen LogP contribution is -2.27. The highest BCUT2D eigenvalue weighted by Crippen LogP contribution is 2.22. The Morgan fingerprint density at radius 2 is 1.88 bits per heavy atom. The number of aromatic nitrogens is 4. The molecule has 0 atom stereocenters. The molecular weight excluding hydrogens is 326 g/mol. The number of carbonyl (C=O) groups excluding carboxylic acids is 1. The number of fused-ring (bicyclic) bond motifs is 1. The molecule has 4 heterocycles. The van der Waals surface area contributed by atoms with Gasteiger partial charge in [0, 0.05) is 41.8 Å². The van der Waals surface area contributed by atoms with Crippen molar-refractivity contribution in [3.8, 4) is 11.3 Å². The van der Waals surface area contributed by atoms with Gasteiger partial charge in [-0.25, -0.2) is 0 Å². The molecule has 4 rings (SSSR count). The van der Waals surface area contributed by atoms with Crippen molar-refractivity contribution in [2.45, 2.75) is 32.7 Å². The van der Waals surface area contributed by atoms with Gasteiger partial charge < -0.3 is 0 Å². The van der Waals surface area contributed by atoms with Gasteiger partial charge in [0.25, 0.3) is 0 Å². The molecule has 0 amide bonds. The lowest BCUT2D eigenvalue weighted by molar-refractivity contribution is -0.119. The highest BCUT2D eigenvalue weighted by Gasteiger charge is 2.16. The van der Waals surface area contributed by atoms with Gasteiger partial charge in [-0.1, -0.05) is 0 Å². The molecule has 0 spiro atoms. The number of aryl methyl sites for hydroxylation is 1. The van der Waals surface area contributed by atoms with Crippen molar-refractivity contribution in [2.24, 2.45) is 0 Å². The number of rotatable bonds is 6. The summed E-state index contributed by atoms with van der Waals surface area (Å²) >= 11 is 0. The minimum Gasteiger partial charge on any atom is -0.298 e. The van der Waals surface area contributed by atoms with Gasteiger partial charge in [0.05, 0.1) is 24.9 Å². The van der Waals surface area contributed by atoms with Crippen LogP contribution in [-0.4, -0.2) is 50.1 Å². The molecular formula is C20H23N5O. The highest BCUT2D eigenvalue weighted by atomic mass is 16.1. The van der Waals surface area contributed by atoms with Crippen molar-refractivity contribution in [3.05, 3.63) is 42.6 Å². The number of pyridine rings is 2. The zero-order valence-electron chi connectivity index (χ0n) is 15.1. The lowest BCUT2D eigenvalue weighted by Gasteiger charge is -2.13. The predicted octanol–water partition coefficient (Wildman–Crippen LogP) is 2.72. The van der Waals surface area contributed by atoms with E-state index in [4.69, 9.17) is 0 Å². The van der Waals surface area contributed by atoms with Crippen molar-refractivity contribution in [2.75, 3.05) is 19.6 Å². The van der Waals surface area contributed by atoms with E-state index in [1.54, 1.807) is 6.20 Å². The third-order valence-corrected chi connectivity index (χ3v) is 4.89. The summed E-state index contributed by atoms with van der Waals surface area (Å²) in [6.45, 7) is 5.51. The average molecular weight is 349 g/mol. The van der Waals surface area contributed by atoms with E-state index in [1.165, 1.54) is 12.8 Å². The lowest BCUT2D eigenvalue weighted by atomic mass is 10.1. The van der Waals surface area contributed by atoms with Crippen LogP contribution in [0, 0.1) is 0 Å². The van der Waals surface area contributed by atoms with Crippen LogP contribution >= 0.6 is 0 Å². The molecule has 6 nitrogen and oxygen atoms in total. The van der Waals surface area contributed by atoms with E-state index in [0.717, 1.165) is 47.4 Å². The van der Waals surface area contributed by atoms with E-state index in [2.05, 4.69) is 26.9 Å². The molecule has 0 unspecified atom stereocenters. The molecule has 0 aliphatic carbocycles. The number of carbonyl (C=O) groups is 1. The molecule has 1 aliphatic rings. The fourth-order valence-corrected chi connectivity index (χ4v) is 3.45. The minimum atomic E-state index is 0.234. The average Bonchev–Trinajstić information content (AvgIpc) is 3.32. The molecule has 0 radical (unpaired) electrons. The second-order valence-electron chi connectivity index (χ2n) is 6.88. The third kappa shape index (κ3) is 3.65. The largest absolute Gasteiger partial charge is 0.298 e. The standard InChI is InChI=1S/C20H23N5O/c1-2-25-13-17(12-23-25)20-8-15-7-18(21-10-16(15)11-22-20)9-19(26)14-24-5-3-4-6-24/h7-8,10-13H,2-6,9,14H2,1H3. The van der Waals surface area contributed by atoms with Crippen molar-refractivity contribution in [1.82, 2.24) is 24.6 Å². The van der Waals surface area contributed by atoms with Gasteiger partial charge in [-0.05, 0) is 50.4 Å². The molecule has 0 saturated carbocycles. The van der Waals surface area contributed by atoms with Crippen LogP contribution in [-0.2, 0) is 17.8 Å². The first-order chi connectivity index (χ1) is 12.7. The summed E-state index contributed by atoms with van der Waals surface area (Å²) < 4.78 is 1.89. The number of hydrogen-bond acceptors (Lipinski definition) is 5.